The largest absolute Gasteiger partial charge is 0.370 e. The first-order chi connectivity index (χ1) is 11.6. The normalized spacial score (nSPS) is 17.8. The summed E-state index contributed by atoms with van der Waals surface area (Å²) >= 11 is 1.46. The Bertz CT molecular complexity index is 702. The van der Waals surface area contributed by atoms with E-state index in [1.807, 2.05) is 37.4 Å². The molecule has 0 aliphatic carbocycles. The SMILES string of the molecule is Cc1cccc(NCC2CCN(CC(=O)Nc3nc(C)cs3)C2)n1. The number of aryl methyl sites for hydroxylation is 2. The number of hydrogen-bond acceptors (Lipinski definition) is 6. The van der Waals surface area contributed by atoms with Gasteiger partial charge in [-0.25, -0.2) is 9.97 Å². The third kappa shape index (κ3) is 4.75. The lowest BCUT2D eigenvalue weighted by atomic mass is 10.1. The van der Waals surface area contributed by atoms with Gasteiger partial charge < -0.3 is 10.6 Å². The third-order valence-corrected chi connectivity index (χ3v) is 4.94. The van der Waals surface area contributed by atoms with Crippen molar-refractivity contribution in [2.75, 3.05) is 36.8 Å². The first kappa shape index (κ1) is 16.9. The van der Waals surface area contributed by atoms with Crippen molar-refractivity contribution in [2.24, 2.45) is 5.92 Å². The maximum atomic E-state index is 12.1. The number of amides is 1. The Balaban J connectivity index is 1.41. The van der Waals surface area contributed by atoms with Crippen LogP contribution < -0.4 is 10.6 Å². The summed E-state index contributed by atoms with van der Waals surface area (Å²) < 4.78 is 0. The van der Waals surface area contributed by atoms with E-state index in [4.69, 9.17) is 0 Å². The molecule has 7 heteroatoms. The zero-order valence-electron chi connectivity index (χ0n) is 14.1. The van der Waals surface area contributed by atoms with E-state index in [1.165, 1.54) is 11.3 Å². The van der Waals surface area contributed by atoms with Gasteiger partial charge in [0.15, 0.2) is 5.13 Å². The Labute approximate surface area is 146 Å². The van der Waals surface area contributed by atoms with Gasteiger partial charge in [0.25, 0.3) is 0 Å². The van der Waals surface area contributed by atoms with Gasteiger partial charge in [-0.3, -0.25) is 9.69 Å². The Morgan fingerprint density at radius 1 is 1.33 bits per heavy atom. The molecule has 0 aromatic carbocycles. The highest BCUT2D eigenvalue weighted by Crippen LogP contribution is 2.18. The van der Waals surface area contributed by atoms with Crippen LogP contribution in [-0.4, -0.2) is 47.0 Å². The fourth-order valence-corrected chi connectivity index (χ4v) is 3.59. The van der Waals surface area contributed by atoms with Crippen LogP contribution in [0.5, 0.6) is 0 Å². The molecule has 1 saturated heterocycles. The monoisotopic (exact) mass is 345 g/mol. The molecule has 1 atom stereocenters. The highest BCUT2D eigenvalue weighted by atomic mass is 32.1. The Morgan fingerprint density at radius 2 is 2.21 bits per heavy atom. The van der Waals surface area contributed by atoms with E-state index in [-0.39, 0.29) is 5.91 Å². The van der Waals surface area contributed by atoms with E-state index in [9.17, 15) is 4.79 Å². The molecule has 3 rings (SSSR count). The number of carbonyl (C=O) groups is 1. The fourth-order valence-electron chi connectivity index (χ4n) is 2.89. The molecule has 24 heavy (non-hydrogen) atoms. The summed E-state index contributed by atoms with van der Waals surface area (Å²) in [7, 11) is 0. The molecule has 6 nitrogen and oxygen atoms in total. The zero-order chi connectivity index (χ0) is 16.9. The first-order valence-electron chi connectivity index (χ1n) is 8.20. The van der Waals surface area contributed by atoms with Gasteiger partial charge in [-0.05, 0) is 44.9 Å². The minimum absolute atomic E-state index is 0.0123. The number of nitrogens with one attached hydrogen (secondary N) is 2. The second-order valence-corrected chi connectivity index (χ2v) is 7.14. The molecule has 1 unspecified atom stereocenters. The molecule has 2 N–H and O–H groups in total. The van der Waals surface area contributed by atoms with Crippen LogP contribution in [0.25, 0.3) is 0 Å². The summed E-state index contributed by atoms with van der Waals surface area (Å²) in [5.74, 6) is 1.48. The third-order valence-electron chi connectivity index (χ3n) is 4.06. The molecule has 0 spiro atoms. The van der Waals surface area contributed by atoms with Crippen LogP contribution in [-0.2, 0) is 4.79 Å². The van der Waals surface area contributed by atoms with Gasteiger partial charge in [0.05, 0.1) is 12.2 Å². The topological polar surface area (TPSA) is 70.2 Å². The van der Waals surface area contributed by atoms with Crippen molar-refractivity contribution in [2.45, 2.75) is 20.3 Å². The molecular weight excluding hydrogens is 322 g/mol. The number of nitrogens with zero attached hydrogens (tertiary/aromatic N) is 3. The van der Waals surface area contributed by atoms with E-state index in [0.29, 0.717) is 17.6 Å². The van der Waals surface area contributed by atoms with Crippen molar-refractivity contribution in [3.05, 3.63) is 35.0 Å². The summed E-state index contributed by atoms with van der Waals surface area (Å²) in [6.45, 7) is 7.12. The molecular formula is C17H23N5OS. The molecule has 128 valence electrons. The Kier molecular flexibility index (Phi) is 5.42. The van der Waals surface area contributed by atoms with Gasteiger partial charge >= 0.3 is 0 Å². The number of aromatic nitrogens is 2. The van der Waals surface area contributed by atoms with Gasteiger partial charge in [0, 0.05) is 24.2 Å². The summed E-state index contributed by atoms with van der Waals surface area (Å²) in [6.07, 6.45) is 1.10. The van der Waals surface area contributed by atoms with E-state index < -0.39 is 0 Å². The molecule has 0 saturated carbocycles. The van der Waals surface area contributed by atoms with Crippen LogP contribution in [0.4, 0.5) is 10.9 Å². The smallest absolute Gasteiger partial charge is 0.240 e. The van der Waals surface area contributed by atoms with Crippen molar-refractivity contribution in [3.63, 3.8) is 0 Å². The average molecular weight is 345 g/mol. The number of pyridine rings is 1. The lowest BCUT2D eigenvalue weighted by Crippen LogP contribution is -2.32. The molecule has 1 aliphatic rings. The maximum absolute atomic E-state index is 12.1. The summed E-state index contributed by atoms with van der Waals surface area (Å²) in [5, 5.41) is 8.88. The lowest BCUT2D eigenvalue weighted by molar-refractivity contribution is -0.117. The molecule has 3 heterocycles. The minimum atomic E-state index is 0.0123. The number of rotatable bonds is 6. The summed E-state index contributed by atoms with van der Waals surface area (Å²) in [5.41, 5.74) is 1.95. The second-order valence-electron chi connectivity index (χ2n) is 6.28. The van der Waals surface area contributed by atoms with Crippen molar-refractivity contribution in [1.29, 1.82) is 0 Å². The Morgan fingerprint density at radius 3 is 2.96 bits per heavy atom. The molecule has 2 aromatic heterocycles. The van der Waals surface area contributed by atoms with E-state index >= 15 is 0 Å². The van der Waals surface area contributed by atoms with Crippen molar-refractivity contribution < 1.29 is 4.79 Å². The number of anilines is 2. The minimum Gasteiger partial charge on any atom is -0.370 e. The van der Waals surface area contributed by atoms with Gasteiger partial charge in [-0.15, -0.1) is 11.3 Å². The van der Waals surface area contributed by atoms with Gasteiger partial charge in [0.1, 0.15) is 5.82 Å². The number of hydrogen-bond donors (Lipinski definition) is 2. The predicted octanol–water partition coefficient (Wildman–Crippen LogP) is 2.53. The van der Waals surface area contributed by atoms with Crippen LogP contribution in [0.3, 0.4) is 0 Å². The molecule has 1 amide bonds. The Hall–Kier alpha value is -1.99. The standard InChI is InChI=1S/C17H23N5OS/c1-12-4-3-5-15(19-12)18-8-14-6-7-22(9-14)10-16(23)21-17-20-13(2)11-24-17/h3-5,11,14H,6-10H2,1-2H3,(H,18,19)(H,20,21,23). The number of thiazole rings is 1. The quantitative estimate of drug-likeness (QED) is 0.842. The van der Waals surface area contributed by atoms with Gasteiger partial charge in [-0.2, -0.15) is 0 Å². The van der Waals surface area contributed by atoms with Gasteiger partial charge in [-0.1, -0.05) is 6.07 Å². The fraction of sp³-hybridized carbons (Fsp3) is 0.471. The zero-order valence-corrected chi connectivity index (χ0v) is 14.9. The van der Waals surface area contributed by atoms with E-state index in [2.05, 4.69) is 25.5 Å². The van der Waals surface area contributed by atoms with E-state index in [0.717, 1.165) is 43.3 Å². The molecule has 0 radical (unpaired) electrons. The van der Waals surface area contributed by atoms with Crippen LogP contribution in [0.1, 0.15) is 17.8 Å². The van der Waals surface area contributed by atoms with Crippen LogP contribution in [0.2, 0.25) is 0 Å². The maximum Gasteiger partial charge on any atom is 0.240 e. The second kappa shape index (κ2) is 7.72. The van der Waals surface area contributed by atoms with E-state index in [1.54, 1.807) is 0 Å². The number of likely N-dealkylation sites (tertiary alicyclic amines) is 1. The van der Waals surface area contributed by atoms with Gasteiger partial charge in [0.2, 0.25) is 5.91 Å². The molecule has 1 aliphatic heterocycles. The average Bonchev–Trinajstić information content (AvgIpc) is 3.14. The highest BCUT2D eigenvalue weighted by Gasteiger charge is 2.24. The molecule has 0 bridgehead atoms. The van der Waals surface area contributed by atoms with Crippen LogP contribution >= 0.6 is 11.3 Å². The van der Waals surface area contributed by atoms with Crippen molar-refractivity contribution in [3.8, 4) is 0 Å². The van der Waals surface area contributed by atoms with Crippen LogP contribution in [0, 0.1) is 19.8 Å². The van der Waals surface area contributed by atoms with Crippen LogP contribution in [0.15, 0.2) is 23.6 Å². The van der Waals surface area contributed by atoms with Crippen molar-refractivity contribution >= 4 is 28.2 Å². The molecule has 1 fully saturated rings. The highest BCUT2D eigenvalue weighted by molar-refractivity contribution is 7.13. The summed E-state index contributed by atoms with van der Waals surface area (Å²) in [4.78, 5) is 23.0. The first-order valence-corrected chi connectivity index (χ1v) is 9.08. The van der Waals surface area contributed by atoms with Crippen molar-refractivity contribution in [1.82, 2.24) is 14.9 Å². The lowest BCUT2D eigenvalue weighted by Gasteiger charge is -2.15. The number of carbonyl (C=O) groups excluding carboxylic acids is 1. The molecule has 2 aromatic rings. The predicted molar refractivity (Wildman–Crippen MR) is 97.5 cm³/mol. The summed E-state index contributed by atoms with van der Waals surface area (Å²) in [6, 6.07) is 5.99.